The summed E-state index contributed by atoms with van der Waals surface area (Å²) in [7, 11) is 7.02. The van der Waals surface area contributed by atoms with Crippen LogP contribution in [0.1, 0.15) is 161 Å². The van der Waals surface area contributed by atoms with Crippen LogP contribution in [0.5, 0.6) is 23.0 Å². The summed E-state index contributed by atoms with van der Waals surface area (Å²) in [5.74, 6) is 2.54. The van der Waals surface area contributed by atoms with Gasteiger partial charge < -0.3 is 28.7 Å². The van der Waals surface area contributed by atoms with Gasteiger partial charge in [-0.1, -0.05) is 144 Å². The zero-order chi connectivity index (χ0) is 53.9. The number of hydrogen-bond acceptors (Lipinski definition) is 8. The molecule has 0 saturated heterocycles. The average Bonchev–Trinajstić information content (AvgIpc) is 3.31. The Balaban J connectivity index is 1.64. The minimum absolute atomic E-state index is 0.141. The molecular weight excluding hydrogens is 921 g/mol. The van der Waals surface area contributed by atoms with Crippen molar-refractivity contribution in [2.75, 3.05) is 41.4 Å². The van der Waals surface area contributed by atoms with Crippen LogP contribution in [0.15, 0.2) is 97.3 Å². The van der Waals surface area contributed by atoms with Gasteiger partial charge in [-0.15, -0.1) is 0 Å². The van der Waals surface area contributed by atoms with Gasteiger partial charge in [-0.2, -0.15) is 0 Å². The second-order valence-corrected chi connectivity index (χ2v) is 24.6. The van der Waals surface area contributed by atoms with Gasteiger partial charge in [0.15, 0.2) is 13.2 Å². The zero-order valence-electron chi connectivity index (χ0n) is 47.1. The van der Waals surface area contributed by atoms with Gasteiger partial charge in [0.2, 0.25) is 0 Å². The van der Waals surface area contributed by atoms with Crippen molar-refractivity contribution < 1.29 is 28.5 Å². The van der Waals surface area contributed by atoms with E-state index in [0.29, 0.717) is 37.2 Å². The Bertz CT molecular complexity index is 2670. The first-order valence-corrected chi connectivity index (χ1v) is 26.0. The molecular formula is C64H80N4O6. The predicted molar refractivity (Wildman–Crippen MR) is 297 cm³/mol. The van der Waals surface area contributed by atoms with Crippen LogP contribution in [0.3, 0.4) is 0 Å². The summed E-state index contributed by atoms with van der Waals surface area (Å²) in [6.45, 7) is 27.1. The smallest absolute Gasteiger partial charge is 0.259 e. The van der Waals surface area contributed by atoms with Crippen LogP contribution < -0.4 is 18.9 Å². The number of aromatic nitrogens is 2. The Labute approximate surface area is 441 Å². The van der Waals surface area contributed by atoms with Crippen LogP contribution in [0.25, 0.3) is 0 Å². The lowest BCUT2D eigenvalue weighted by Crippen LogP contribution is -2.28. The van der Waals surface area contributed by atoms with Gasteiger partial charge in [0.1, 0.15) is 36.2 Å². The molecule has 1 aliphatic carbocycles. The van der Waals surface area contributed by atoms with Crippen LogP contribution in [0.2, 0.25) is 0 Å². The van der Waals surface area contributed by atoms with E-state index < -0.39 is 0 Å². The minimum Gasteiger partial charge on any atom is -0.487 e. The number of hydrogen-bond donors (Lipinski definition) is 0. The number of rotatable bonds is 12. The molecule has 0 atom stereocenters. The number of carbonyl (C=O) groups excluding carboxylic acids is 2. The average molecular weight is 1000 g/mol. The van der Waals surface area contributed by atoms with Crippen molar-refractivity contribution in [1.29, 1.82) is 0 Å². The molecule has 0 spiro atoms. The van der Waals surface area contributed by atoms with Crippen LogP contribution >= 0.6 is 0 Å². The fraction of sp³-hybridized carbons (Fsp3) is 0.438. The van der Waals surface area contributed by atoms with Crippen LogP contribution in [-0.4, -0.2) is 73.0 Å². The normalized spacial score (nSPS) is 13.0. The van der Waals surface area contributed by atoms with Crippen LogP contribution in [0, 0.1) is 0 Å². The van der Waals surface area contributed by atoms with E-state index in [1.54, 1.807) is 50.4 Å². The number of ether oxygens (including phenoxy) is 4. The Morgan fingerprint density at radius 3 is 0.851 bits per heavy atom. The summed E-state index contributed by atoms with van der Waals surface area (Å²) in [4.78, 5) is 39.6. The molecule has 0 radical (unpaired) electrons. The highest BCUT2D eigenvalue weighted by Crippen LogP contribution is 2.45. The highest BCUT2D eigenvalue weighted by molar-refractivity contribution is 5.78. The molecule has 10 nitrogen and oxygen atoms in total. The molecule has 2 amide bonds. The van der Waals surface area contributed by atoms with E-state index >= 15 is 0 Å². The third-order valence-electron chi connectivity index (χ3n) is 13.8. The second-order valence-electron chi connectivity index (χ2n) is 24.6. The molecule has 0 N–H and O–H groups in total. The maximum absolute atomic E-state index is 13.6. The van der Waals surface area contributed by atoms with Gasteiger partial charge in [0.05, 0.1) is 11.4 Å². The Morgan fingerprint density at radius 2 is 0.649 bits per heavy atom. The Hall–Kier alpha value is -6.68. The second kappa shape index (κ2) is 22.0. The molecule has 4 aromatic carbocycles. The fourth-order valence-electron chi connectivity index (χ4n) is 9.15. The highest BCUT2D eigenvalue weighted by atomic mass is 16.5. The van der Waals surface area contributed by atoms with Gasteiger partial charge in [-0.05, 0) is 113 Å². The Kier molecular flexibility index (Phi) is 16.4. The summed E-state index contributed by atoms with van der Waals surface area (Å²) in [5.41, 5.74) is 12.8. The van der Waals surface area contributed by atoms with Gasteiger partial charge in [0, 0.05) is 66.3 Å². The molecule has 0 unspecified atom stereocenters. The molecule has 7 rings (SSSR count). The quantitative estimate of drug-likeness (QED) is 0.119. The van der Waals surface area contributed by atoms with E-state index in [1.165, 1.54) is 0 Å². The summed E-state index contributed by atoms with van der Waals surface area (Å²) in [6, 6.07) is 29.9. The predicted octanol–water partition coefficient (Wildman–Crippen LogP) is 12.4. The van der Waals surface area contributed by atoms with Crippen molar-refractivity contribution in [1.82, 2.24) is 19.8 Å². The van der Waals surface area contributed by atoms with Crippen molar-refractivity contribution in [3.63, 3.8) is 0 Å². The molecule has 8 bridgehead atoms. The highest BCUT2D eigenvalue weighted by Gasteiger charge is 2.30. The maximum Gasteiger partial charge on any atom is 0.259 e. The molecule has 10 heteroatoms. The minimum atomic E-state index is -0.256. The largest absolute Gasteiger partial charge is 0.487 e. The van der Waals surface area contributed by atoms with E-state index in [1.807, 2.05) is 36.4 Å². The SMILES string of the molecule is CN(C)C(=O)COc1c2cc(C(C)(C)C)cc1Cc1cc(C(C)(C)C)cc(c1OCc1ccccn1)Cc1cc(C(C)(C)C)cc(c1OCC(=O)N(C)C)Cc1cc(C(C)(C)C)cc(c1OCc1ccccn1)C2. The summed E-state index contributed by atoms with van der Waals surface area (Å²) in [5, 5.41) is 0. The molecule has 392 valence electrons. The van der Waals surface area contributed by atoms with Gasteiger partial charge >= 0.3 is 0 Å². The molecule has 1 aliphatic rings. The van der Waals surface area contributed by atoms with Crippen LogP contribution in [0.4, 0.5) is 0 Å². The van der Waals surface area contributed by atoms with E-state index in [2.05, 4.69) is 142 Å². The summed E-state index contributed by atoms with van der Waals surface area (Å²) >= 11 is 0. The third-order valence-corrected chi connectivity index (χ3v) is 13.8. The monoisotopic (exact) mass is 1000 g/mol. The number of fused-ring (bicyclic) bond motifs is 8. The lowest BCUT2D eigenvalue weighted by atomic mass is 9.79. The Morgan fingerprint density at radius 1 is 0.405 bits per heavy atom. The lowest BCUT2D eigenvalue weighted by Gasteiger charge is -2.29. The molecule has 0 saturated carbocycles. The first-order valence-electron chi connectivity index (χ1n) is 26.0. The van der Waals surface area contributed by atoms with Crippen molar-refractivity contribution in [3.05, 3.63) is 175 Å². The molecule has 2 heterocycles. The van der Waals surface area contributed by atoms with E-state index in [9.17, 15) is 9.59 Å². The zero-order valence-corrected chi connectivity index (χ0v) is 47.1. The number of benzene rings is 4. The summed E-state index contributed by atoms with van der Waals surface area (Å²) < 4.78 is 28.0. The van der Waals surface area contributed by atoms with Gasteiger partial charge in [-0.3, -0.25) is 19.6 Å². The van der Waals surface area contributed by atoms with E-state index in [0.717, 1.165) is 89.6 Å². The molecule has 0 aliphatic heterocycles. The van der Waals surface area contributed by atoms with E-state index in [4.69, 9.17) is 18.9 Å². The van der Waals surface area contributed by atoms with Crippen molar-refractivity contribution in [3.8, 4) is 23.0 Å². The first-order chi connectivity index (χ1) is 34.6. The number of nitrogens with zero attached hydrogens (tertiary/aromatic N) is 4. The topological polar surface area (TPSA) is 103 Å². The fourth-order valence-corrected chi connectivity index (χ4v) is 9.15. The van der Waals surface area contributed by atoms with Crippen molar-refractivity contribution in [2.45, 2.75) is 144 Å². The summed E-state index contributed by atoms with van der Waals surface area (Å²) in [6.07, 6.45) is 5.31. The third kappa shape index (κ3) is 13.5. The maximum atomic E-state index is 13.6. The molecule has 2 aromatic heterocycles. The number of pyridine rings is 2. The lowest BCUT2D eigenvalue weighted by molar-refractivity contribution is -0.131. The first kappa shape index (κ1) is 55.1. The number of likely N-dealkylation sites (N-methyl/N-ethyl adjacent to an activating group) is 2. The standard InChI is InChI=1S/C64H80N4O6/c1-61(2,3)49-29-41-25-45-33-51(63(7,8)9)35-47(59(45)73-39-55(69)67(13)14)27-43-31-50(62(4,5)6)32-44(58(43)72-38-54-22-18-20-24-66-54)28-48-36-52(64(10,11)12)34-46(60(48)74-40-56(70)68(15)16)26-42(30-49)57(41)71-37-53-21-17-19-23-65-53/h17-24,29-36H,25-28,37-40H2,1-16H3. The van der Waals surface area contributed by atoms with E-state index in [-0.39, 0.29) is 59.9 Å². The van der Waals surface area contributed by atoms with Gasteiger partial charge in [-0.25, -0.2) is 0 Å². The molecule has 0 fully saturated rings. The van der Waals surface area contributed by atoms with Crippen molar-refractivity contribution in [2.24, 2.45) is 0 Å². The molecule has 74 heavy (non-hydrogen) atoms. The molecule has 6 aromatic rings. The van der Waals surface area contributed by atoms with Crippen molar-refractivity contribution >= 4 is 11.8 Å². The van der Waals surface area contributed by atoms with Gasteiger partial charge in [0.25, 0.3) is 11.8 Å². The number of carbonyl (C=O) groups is 2. The van der Waals surface area contributed by atoms with Crippen LogP contribution in [-0.2, 0) is 70.1 Å². The number of amides is 2.